The van der Waals surface area contributed by atoms with Crippen molar-refractivity contribution in [3.63, 3.8) is 0 Å². The summed E-state index contributed by atoms with van der Waals surface area (Å²) in [7, 11) is 0. The standard InChI is InChI=1S/C15H21NO2/c16-10-8-13-6-1-2-7-14(13)15(17)18-11-9-12-4-3-5-12/h1-2,6-7,12H,3-5,8-11,16H2. The predicted octanol–water partition coefficient (Wildman–Crippen LogP) is 2.53. The van der Waals surface area contributed by atoms with Crippen molar-refractivity contribution in [3.05, 3.63) is 35.4 Å². The summed E-state index contributed by atoms with van der Waals surface area (Å²) in [5.41, 5.74) is 7.19. The molecule has 0 heterocycles. The van der Waals surface area contributed by atoms with Crippen molar-refractivity contribution >= 4 is 5.97 Å². The Morgan fingerprint density at radius 2 is 2.11 bits per heavy atom. The van der Waals surface area contributed by atoms with E-state index >= 15 is 0 Å². The highest BCUT2D eigenvalue weighted by Crippen LogP contribution is 2.29. The van der Waals surface area contributed by atoms with Crippen molar-refractivity contribution in [2.75, 3.05) is 13.2 Å². The Balaban J connectivity index is 1.86. The van der Waals surface area contributed by atoms with Gasteiger partial charge in [0.05, 0.1) is 12.2 Å². The van der Waals surface area contributed by atoms with Gasteiger partial charge in [-0.3, -0.25) is 0 Å². The first-order valence-electron chi connectivity index (χ1n) is 6.76. The Kier molecular flexibility index (Phi) is 4.76. The van der Waals surface area contributed by atoms with Crippen LogP contribution in [0.15, 0.2) is 24.3 Å². The number of benzene rings is 1. The van der Waals surface area contributed by atoms with Gasteiger partial charge in [0.2, 0.25) is 0 Å². The lowest BCUT2D eigenvalue weighted by Crippen LogP contribution is -2.16. The van der Waals surface area contributed by atoms with E-state index in [0.29, 0.717) is 25.1 Å². The first kappa shape index (κ1) is 13.1. The van der Waals surface area contributed by atoms with Gasteiger partial charge in [0.1, 0.15) is 0 Å². The molecule has 0 saturated heterocycles. The second-order valence-corrected chi connectivity index (χ2v) is 4.92. The monoisotopic (exact) mass is 247 g/mol. The molecule has 18 heavy (non-hydrogen) atoms. The molecule has 0 atom stereocenters. The predicted molar refractivity (Wildman–Crippen MR) is 71.4 cm³/mol. The van der Waals surface area contributed by atoms with E-state index in [0.717, 1.165) is 17.9 Å². The average Bonchev–Trinajstić information content (AvgIpc) is 2.33. The second kappa shape index (κ2) is 6.55. The van der Waals surface area contributed by atoms with E-state index < -0.39 is 0 Å². The summed E-state index contributed by atoms with van der Waals surface area (Å²) < 4.78 is 5.34. The molecular formula is C15H21NO2. The Bertz CT molecular complexity index is 399. The van der Waals surface area contributed by atoms with Gasteiger partial charge in [-0.25, -0.2) is 4.79 Å². The summed E-state index contributed by atoms with van der Waals surface area (Å²) in [6, 6.07) is 7.55. The summed E-state index contributed by atoms with van der Waals surface area (Å²) in [5.74, 6) is 0.565. The molecule has 1 saturated carbocycles. The van der Waals surface area contributed by atoms with Gasteiger partial charge >= 0.3 is 5.97 Å². The van der Waals surface area contributed by atoms with Crippen LogP contribution in [-0.2, 0) is 11.2 Å². The summed E-state index contributed by atoms with van der Waals surface area (Å²) >= 11 is 0. The summed E-state index contributed by atoms with van der Waals surface area (Å²) in [6.07, 6.45) is 5.64. The molecule has 1 aliphatic rings. The van der Waals surface area contributed by atoms with Gasteiger partial charge in [-0.2, -0.15) is 0 Å². The Labute approximate surface area is 108 Å². The zero-order valence-electron chi connectivity index (χ0n) is 10.7. The first-order valence-corrected chi connectivity index (χ1v) is 6.76. The molecule has 0 unspecified atom stereocenters. The van der Waals surface area contributed by atoms with Gasteiger partial charge in [0, 0.05) is 0 Å². The Morgan fingerprint density at radius 3 is 2.78 bits per heavy atom. The van der Waals surface area contributed by atoms with Crippen LogP contribution in [0, 0.1) is 5.92 Å². The number of hydrogen-bond donors (Lipinski definition) is 1. The van der Waals surface area contributed by atoms with Crippen molar-refractivity contribution in [3.8, 4) is 0 Å². The molecule has 3 nitrogen and oxygen atoms in total. The van der Waals surface area contributed by atoms with Crippen LogP contribution in [0.5, 0.6) is 0 Å². The van der Waals surface area contributed by atoms with Gasteiger partial charge in [-0.05, 0) is 36.9 Å². The Morgan fingerprint density at radius 1 is 1.33 bits per heavy atom. The SMILES string of the molecule is NCCc1ccccc1C(=O)OCCC1CCC1. The van der Waals surface area contributed by atoms with Crippen molar-refractivity contribution in [1.29, 1.82) is 0 Å². The van der Waals surface area contributed by atoms with Crippen LogP contribution < -0.4 is 5.73 Å². The summed E-state index contributed by atoms with van der Waals surface area (Å²) in [4.78, 5) is 12.0. The van der Waals surface area contributed by atoms with Gasteiger partial charge < -0.3 is 10.5 Å². The van der Waals surface area contributed by atoms with E-state index in [4.69, 9.17) is 10.5 Å². The maximum atomic E-state index is 12.0. The van der Waals surface area contributed by atoms with Crippen LogP contribution in [0.2, 0.25) is 0 Å². The number of carbonyl (C=O) groups is 1. The Hall–Kier alpha value is -1.35. The fourth-order valence-electron chi connectivity index (χ4n) is 2.27. The van der Waals surface area contributed by atoms with E-state index in [9.17, 15) is 4.79 Å². The average molecular weight is 247 g/mol. The highest BCUT2D eigenvalue weighted by molar-refractivity contribution is 5.91. The van der Waals surface area contributed by atoms with Crippen LogP contribution in [0.4, 0.5) is 0 Å². The third-order valence-electron chi connectivity index (χ3n) is 3.63. The third kappa shape index (κ3) is 3.33. The summed E-state index contributed by atoms with van der Waals surface area (Å²) in [5, 5.41) is 0. The molecule has 1 aliphatic carbocycles. The van der Waals surface area contributed by atoms with Gasteiger partial charge in [0.25, 0.3) is 0 Å². The number of ether oxygens (including phenoxy) is 1. The zero-order chi connectivity index (χ0) is 12.8. The highest BCUT2D eigenvalue weighted by atomic mass is 16.5. The molecule has 3 heteroatoms. The molecule has 2 rings (SSSR count). The smallest absolute Gasteiger partial charge is 0.338 e. The molecule has 2 N–H and O–H groups in total. The number of rotatable bonds is 6. The fourth-order valence-corrected chi connectivity index (χ4v) is 2.27. The minimum atomic E-state index is -0.210. The second-order valence-electron chi connectivity index (χ2n) is 4.92. The minimum absolute atomic E-state index is 0.210. The number of nitrogens with two attached hydrogens (primary N) is 1. The van der Waals surface area contributed by atoms with Crippen molar-refractivity contribution in [2.45, 2.75) is 32.1 Å². The molecule has 0 amide bonds. The van der Waals surface area contributed by atoms with Crippen molar-refractivity contribution in [2.24, 2.45) is 11.7 Å². The molecule has 0 aliphatic heterocycles. The van der Waals surface area contributed by atoms with E-state index in [2.05, 4.69) is 0 Å². The largest absolute Gasteiger partial charge is 0.462 e. The van der Waals surface area contributed by atoms with Crippen LogP contribution in [0.1, 0.15) is 41.6 Å². The van der Waals surface area contributed by atoms with E-state index in [1.54, 1.807) is 0 Å². The normalized spacial score (nSPS) is 15.2. The quantitative estimate of drug-likeness (QED) is 0.786. The molecule has 98 valence electrons. The minimum Gasteiger partial charge on any atom is -0.462 e. The lowest BCUT2D eigenvalue weighted by atomic mass is 9.83. The number of carbonyl (C=O) groups excluding carboxylic acids is 1. The maximum Gasteiger partial charge on any atom is 0.338 e. The third-order valence-corrected chi connectivity index (χ3v) is 3.63. The topological polar surface area (TPSA) is 52.3 Å². The summed E-state index contributed by atoms with van der Waals surface area (Å²) in [6.45, 7) is 1.09. The molecule has 0 radical (unpaired) electrons. The molecule has 1 fully saturated rings. The molecule has 1 aromatic rings. The van der Waals surface area contributed by atoms with E-state index in [-0.39, 0.29) is 5.97 Å². The van der Waals surface area contributed by atoms with Crippen molar-refractivity contribution < 1.29 is 9.53 Å². The molecular weight excluding hydrogens is 226 g/mol. The fraction of sp³-hybridized carbons (Fsp3) is 0.533. The van der Waals surface area contributed by atoms with E-state index in [1.165, 1.54) is 19.3 Å². The highest BCUT2D eigenvalue weighted by Gasteiger charge is 2.18. The lowest BCUT2D eigenvalue weighted by molar-refractivity contribution is 0.0463. The maximum absolute atomic E-state index is 12.0. The number of esters is 1. The van der Waals surface area contributed by atoms with Crippen LogP contribution >= 0.6 is 0 Å². The van der Waals surface area contributed by atoms with Crippen LogP contribution in [0.3, 0.4) is 0 Å². The van der Waals surface area contributed by atoms with Gasteiger partial charge in [0.15, 0.2) is 0 Å². The van der Waals surface area contributed by atoms with E-state index in [1.807, 2.05) is 24.3 Å². The molecule has 0 bridgehead atoms. The molecule has 0 aromatic heterocycles. The van der Waals surface area contributed by atoms with Crippen molar-refractivity contribution in [1.82, 2.24) is 0 Å². The first-order chi connectivity index (χ1) is 8.81. The van der Waals surface area contributed by atoms with Gasteiger partial charge in [-0.1, -0.05) is 37.5 Å². The molecule has 0 spiro atoms. The molecule has 1 aromatic carbocycles. The van der Waals surface area contributed by atoms with Crippen LogP contribution in [0.25, 0.3) is 0 Å². The van der Waals surface area contributed by atoms with Crippen LogP contribution in [-0.4, -0.2) is 19.1 Å². The number of hydrogen-bond acceptors (Lipinski definition) is 3. The lowest BCUT2D eigenvalue weighted by Gasteiger charge is -2.24. The zero-order valence-corrected chi connectivity index (χ0v) is 10.7. The van der Waals surface area contributed by atoms with Gasteiger partial charge in [-0.15, -0.1) is 0 Å².